The van der Waals surface area contributed by atoms with Crippen molar-refractivity contribution in [2.24, 2.45) is 0 Å². The van der Waals surface area contributed by atoms with E-state index >= 15 is 0 Å². The molecule has 0 atom stereocenters. The van der Waals surface area contributed by atoms with E-state index in [1.807, 2.05) is 0 Å². The molecule has 0 heterocycles. The third kappa shape index (κ3) is 2.29. The highest BCUT2D eigenvalue weighted by molar-refractivity contribution is 5.14. The Kier molecular flexibility index (Phi) is 4.44. The minimum absolute atomic E-state index is 0.0598. The fraction of sp³-hybridized carbons (Fsp3) is 0.833. The van der Waals surface area contributed by atoms with E-state index in [0.29, 0.717) is 6.54 Å². The molecule has 1 aliphatic rings. The van der Waals surface area contributed by atoms with Crippen LogP contribution in [0.15, 0.2) is 0 Å². The van der Waals surface area contributed by atoms with Crippen molar-refractivity contribution in [3.63, 3.8) is 0 Å². The average molecular weight is 195 g/mol. The highest BCUT2D eigenvalue weighted by atomic mass is 16.3. The first kappa shape index (κ1) is 11.6. The van der Waals surface area contributed by atoms with Gasteiger partial charge >= 0.3 is 0 Å². The smallest absolute Gasteiger partial charge is 0.0823 e. The quantitative estimate of drug-likeness (QED) is 0.689. The minimum Gasteiger partial charge on any atom is -0.395 e. The van der Waals surface area contributed by atoms with Crippen molar-refractivity contribution in [3.8, 4) is 12.3 Å². The van der Waals surface area contributed by atoms with E-state index in [4.69, 9.17) is 11.5 Å². The molecular formula is C12H21NO. The van der Waals surface area contributed by atoms with Crippen molar-refractivity contribution < 1.29 is 5.11 Å². The van der Waals surface area contributed by atoms with Crippen LogP contribution in [0, 0.1) is 12.3 Å². The highest BCUT2D eigenvalue weighted by Crippen LogP contribution is 2.32. The van der Waals surface area contributed by atoms with Crippen LogP contribution in [0.4, 0.5) is 0 Å². The van der Waals surface area contributed by atoms with E-state index in [1.54, 1.807) is 0 Å². The standard InChI is InChI=1S/C12H21NO/c1-3-12(8-6-5-7-9-12)13(4-2)10-11-14/h1,14H,4-11H2,2H3. The molecule has 0 aliphatic heterocycles. The Hall–Kier alpha value is -0.520. The van der Waals surface area contributed by atoms with Crippen LogP contribution in [-0.4, -0.2) is 35.2 Å². The number of terminal acetylenes is 1. The van der Waals surface area contributed by atoms with E-state index < -0.39 is 0 Å². The van der Waals surface area contributed by atoms with E-state index in [-0.39, 0.29) is 12.1 Å². The SMILES string of the molecule is C#CC1(N(CC)CCO)CCCCC1. The topological polar surface area (TPSA) is 23.5 Å². The first-order valence-corrected chi connectivity index (χ1v) is 5.63. The van der Waals surface area contributed by atoms with Crippen LogP contribution in [0.5, 0.6) is 0 Å². The molecular weight excluding hydrogens is 174 g/mol. The van der Waals surface area contributed by atoms with Gasteiger partial charge in [-0.25, -0.2) is 0 Å². The highest BCUT2D eigenvalue weighted by Gasteiger charge is 2.34. The molecule has 2 nitrogen and oxygen atoms in total. The Morgan fingerprint density at radius 2 is 2.00 bits per heavy atom. The number of β-amino-alcohol motifs (C(OH)–C–C–N with tert-alkyl or cyclic N) is 1. The summed E-state index contributed by atoms with van der Waals surface area (Å²) < 4.78 is 0. The maximum absolute atomic E-state index is 9.00. The predicted octanol–water partition coefficient (Wildman–Crippen LogP) is 1.64. The van der Waals surface area contributed by atoms with Crippen LogP contribution in [0.1, 0.15) is 39.0 Å². The van der Waals surface area contributed by atoms with Crippen molar-refractivity contribution in [3.05, 3.63) is 0 Å². The minimum atomic E-state index is -0.0598. The molecule has 1 rings (SSSR count). The zero-order valence-corrected chi connectivity index (χ0v) is 9.13. The van der Waals surface area contributed by atoms with Crippen molar-refractivity contribution in [2.45, 2.75) is 44.6 Å². The monoisotopic (exact) mass is 195 g/mol. The van der Waals surface area contributed by atoms with Crippen LogP contribution >= 0.6 is 0 Å². The summed E-state index contributed by atoms with van der Waals surface area (Å²) in [7, 11) is 0. The van der Waals surface area contributed by atoms with Crippen LogP contribution in [0.3, 0.4) is 0 Å². The van der Waals surface area contributed by atoms with Gasteiger partial charge in [0.15, 0.2) is 0 Å². The first-order chi connectivity index (χ1) is 6.79. The average Bonchev–Trinajstić information content (AvgIpc) is 2.27. The summed E-state index contributed by atoms with van der Waals surface area (Å²) in [6.07, 6.45) is 11.6. The molecule has 0 aromatic carbocycles. The second kappa shape index (κ2) is 5.38. The molecule has 0 aromatic heterocycles. The van der Waals surface area contributed by atoms with Gasteiger partial charge in [0.05, 0.1) is 12.1 Å². The number of aliphatic hydroxyl groups excluding tert-OH is 1. The number of aliphatic hydroxyl groups is 1. The molecule has 0 bridgehead atoms. The van der Waals surface area contributed by atoms with Crippen LogP contribution in [0.2, 0.25) is 0 Å². The van der Waals surface area contributed by atoms with Gasteiger partial charge in [-0.15, -0.1) is 6.42 Å². The largest absolute Gasteiger partial charge is 0.395 e. The van der Waals surface area contributed by atoms with Crippen LogP contribution in [0.25, 0.3) is 0 Å². The van der Waals surface area contributed by atoms with Crippen molar-refractivity contribution in [2.75, 3.05) is 19.7 Å². The molecule has 1 aliphatic carbocycles. The van der Waals surface area contributed by atoms with Gasteiger partial charge in [0.2, 0.25) is 0 Å². The zero-order chi connectivity index (χ0) is 10.4. The lowest BCUT2D eigenvalue weighted by atomic mass is 9.81. The normalized spacial score (nSPS) is 20.7. The van der Waals surface area contributed by atoms with Gasteiger partial charge < -0.3 is 5.11 Å². The number of hydrogen-bond acceptors (Lipinski definition) is 2. The van der Waals surface area contributed by atoms with Crippen LogP contribution in [-0.2, 0) is 0 Å². The van der Waals surface area contributed by atoms with Gasteiger partial charge in [0.1, 0.15) is 0 Å². The van der Waals surface area contributed by atoms with Gasteiger partial charge in [0, 0.05) is 6.54 Å². The molecule has 1 N–H and O–H groups in total. The van der Waals surface area contributed by atoms with Crippen molar-refractivity contribution in [1.82, 2.24) is 4.90 Å². The Morgan fingerprint density at radius 1 is 1.36 bits per heavy atom. The lowest BCUT2D eigenvalue weighted by molar-refractivity contribution is 0.0837. The number of hydrogen-bond donors (Lipinski definition) is 1. The van der Waals surface area contributed by atoms with Crippen molar-refractivity contribution in [1.29, 1.82) is 0 Å². The van der Waals surface area contributed by atoms with Gasteiger partial charge in [-0.05, 0) is 19.4 Å². The third-order valence-electron chi connectivity index (χ3n) is 3.31. The van der Waals surface area contributed by atoms with Gasteiger partial charge in [-0.1, -0.05) is 32.1 Å². The Labute approximate surface area is 87.3 Å². The number of rotatable bonds is 4. The molecule has 0 spiro atoms. The van der Waals surface area contributed by atoms with Crippen molar-refractivity contribution >= 4 is 0 Å². The Bertz CT molecular complexity index is 201. The zero-order valence-electron chi connectivity index (χ0n) is 9.13. The molecule has 2 heteroatoms. The summed E-state index contributed by atoms with van der Waals surface area (Å²) in [4.78, 5) is 2.26. The van der Waals surface area contributed by atoms with E-state index in [0.717, 1.165) is 19.4 Å². The molecule has 1 fully saturated rings. The summed E-state index contributed by atoms with van der Waals surface area (Å²) >= 11 is 0. The van der Waals surface area contributed by atoms with E-state index in [1.165, 1.54) is 19.3 Å². The predicted molar refractivity (Wildman–Crippen MR) is 59.0 cm³/mol. The molecule has 80 valence electrons. The van der Waals surface area contributed by atoms with E-state index in [2.05, 4.69) is 17.7 Å². The third-order valence-corrected chi connectivity index (χ3v) is 3.31. The molecule has 0 unspecified atom stereocenters. The van der Waals surface area contributed by atoms with Gasteiger partial charge in [0.25, 0.3) is 0 Å². The number of nitrogens with zero attached hydrogens (tertiary/aromatic N) is 1. The van der Waals surface area contributed by atoms with Gasteiger partial charge in [-0.3, -0.25) is 4.90 Å². The summed E-state index contributed by atoms with van der Waals surface area (Å²) in [5.41, 5.74) is -0.0598. The summed E-state index contributed by atoms with van der Waals surface area (Å²) in [6.45, 7) is 3.96. The lowest BCUT2D eigenvalue weighted by Crippen LogP contribution is -2.50. The molecule has 0 saturated heterocycles. The summed E-state index contributed by atoms with van der Waals surface area (Å²) in [5, 5.41) is 9.00. The Morgan fingerprint density at radius 3 is 2.43 bits per heavy atom. The van der Waals surface area contributed by atoms with Gasteiger partial charge in [-0.2, -0.15) is 0 Å². The van der Waals surface area contributed by atoms with Crippen LogP contribution < -0.4 is 0 Å². The molecule has 0 aromatic rings. The maximum atomic E-state index is 9.00. The molecule has 14 heavy (non-hydrogen) atoms. The fourth-order valence-electron chi connectivity index (χ4n) is 2.48. The second-order valence-corrected chi connectivity index (χ2v) is 4.04. The maximum Gasteiger partial charge on any atom is 0.0823 e. The summed E-state index contributed by atoms with van der Waals surface area (Å²) in [5.74, 6) is 2.97. The molecule has 0 amide bonds. The van der Waals surface area contributed by atoms with E-state index in [9.17, 15) is 0 Å². The first-order valence-electron chi connectivity index (χ1n) is 5.63. The molecule has 0 radical (unpaired) electrons. The fourth-order valence-corrected chi connectivity index (χ4v) is 2.48. The summed E-state index contributed by atoms with van der Waals surface area (Å²) in [6, 6.07) is 0. The Balaban J connectivity index is 2.70. The lowest BCUT2D eigenvalue weighted by Gasteiger charge is -2.42. The second-order valence-electron chi connectivity index (χ2n) is 4.04. The number of likely N-dealkylation sites (N-methyl/N-ethyl adjacent to an activating group) is 1. The molecule has 1 saturated carbocycles.